The maximum absolute atomic E-state index is 13.8. The van der Waals surface area contributed by atoms with Crippen molar-refractivity contribution in [2.75, 3.05) is 5.73 Å². The van der Waals surface area contributed by atoms with Gasteiger partial charge in [0.25, 0.3) is 5.56 Å². The van der Waals surface area contributed by atoms with E-state index in [1.807, 2.05) is 27.7 Å². The lowest BCUT2D eigenvalue weighted by atomic mass is 9.43. The number of anilines is 1. The average molecular weight is 528 g/mol. The van der Waals surface area contributed by atoms with E-state index in [2.05, 4.69) is 31.1 Å². The molecule has 4 fully saturated rings. The van der Waals surface area contributed by atoms with Gasteiger partial charge in [0.2, 0.25) is 5.91 Å². The molecular formula is C27H41BN4O6. The number of aromatic nitrogens is 2. The summed E-state index contributed by atoms with van der Waals surface area (Å²) in [5.74, 6) is -1.96. The fourth-order valence-electron chi connectivity index (χ4n) is 7.89. The van der Waals surface area contributed by atoms with E-state index >= 15 is 0 Å². The smallest absolute Gasteiger partial charge is 0.481 e. The van der Waals surface area contributed by atoms with Crippen LogP contribution in [-0.2, 0) is 18.9 Å². The molecule has 2 bridgehead atoms. The normalized spacial score (nSPS) is 34.6. The number of carbonyl (C=O) groups excluding carboxylic acids is 1. The number of aliphatic carboxylic acids is 1. The summed E-state index contributed by atoms with van der Waals surface area (Å²) < 4.78 is 14.3. The zero-order chi connectivity index (χ0) is 27.9. The molecule has 10 nitrogen and oxygen atoms in total. The molecule has 3 aliphatic carbocycles. The predicted molar refractivity (Wildman–Crippen MR) is 142 cm³/mol. The minimum Gasteiger partial charge on any atom is -0.481 e. The predicted octanol–water partition coefficient (Wildman–Crippen LogP) is 2.76. The zero-order valence-corrected chi connectivity index (χ0v) is 23.5. The van der Waals surface area contributed by atoms with Gasteiger partial charge >= 0.3 is 13.1 Å². The van der Waals surface area contributed by atoms with Crippen LogP contribution in [-0.4, -0.2) is 51.3 Å². The second-order valence-corrected chi connectivity index (χ2v) is 13.6. The van der Waals surface area contributed by atoms with Crippen molar-refractivity contribution in [1.82, 2.24) is 14.9 Å². The zero-order valence-electron chi connectivity index (χ0n) is 23.5. The van der Waals surface area contributed by atoms with Gasteiger partial charge in [-0.15, -0.1) is 0 Å². The summed E-state index contributed by atoms with van der Waals surface area (Å²) in [5, 5.41) is 13.2. The van der Waals surface area contributed by atoms with Crippen LogP contribution in [0.5, 0.6) is 0 Å². The van der Waals surface area contributed by atoms with Crippen LogP contribution in [0.2, 0.25) is 0 Å². The van der Waals surface area contributed by atoms with Gasteiger partial charge in [0.15, 0.2) is 0 Å². The third-order valence-electron chi connectivity index (χ3n) is 10.1. The van der Waals surface area contributed by atoms with E-state index in [1.165, 1.54) is 10.8 Å². The Morgan fingerprint density at radius 1 is 1.29 bits per heavy atom. The van der Waals surface area contributed by atoms with Gasteiger partial charge in [-0.05, 0) is 55.3 Å². The van der Waals surface area contributed by atoms with Crippen molar-refractivity contribution in [3.05, 3.63) is 22.4 Å². The van der Waals surface area contributed by atoms with Crippen molar-refractivity contribution in [2.45, 2.75) is 104 Å². The highest BCUT2D eigenvalue weighted by atomic mass is 16.7. The number of carbonyl (C=O) groups is 2. The summed E-state index contributed by atoms with van der Waals surface area (Å²) in [7, 11) is -0.595. The molecule has 2 unspecified atom stereocenters. The molecular weight excluding hydrogens is 487 g/mol. The number of hydrogen-bond donors (Lipinski definition) is 3. The van der Waals surface area contributed by atoms with Gasteiger partial charge in [-0.1, -0.05) is 41.5 Å². The Bertz CT molecular complexity index is 1210. The number of nitrogens with zero attached hydrogens (tertiary/aromatic N) is 2. The molecule has 1 aromatic heterocycles. The number of nitrogens with two attached hydrogens (primary N) is 1. The van der Waals surface area contributed by atoms with E-state index < -0.39 is 53.5 Å². The quantitative estimate of drug-likeness (QED) is 0.478. The molecule has 1 saturated heterocycles. The SMILES string of the molecule is CC[C@H](NC(=O)[C@@H]1CC(C(C(=O)O)C(C)(C)C)c2ncc(N)c(=O)n21)B1O[C@@H]2C[C@@H]3C[C@@H](C3(C)C)[C@]2(C)O1. The molecule has 6 rings (SSSR count). The lowest BCUT2D eigenvalue weighted by molar-refractivity contribution is -0.199. The number of carboxylic acid groups (broad SMARTS) is 1. The van der Waals surface area contributed by atoms with Gasteiger partial charge in [0.05, 0.1) is 29.8 Å². The van der Waals surface area contributed by atoms with Gasteiger partial charge in [-0.2, -0.15) is 0 Å². The Kier molecular flexibility index (Phi) is 6.30. The first-order valence-corrected chi connectivity index (χ1v) is 13.8. The fraction of sp³-hybridized carbons (Fsp3) is 0.778. The molecule has 1 aromatic rings. The minimum atomic E-state index is -0.988. The van der Waals surface area contributed by atoms with Crippen LogP contribution in [0, 0.1) is 28.6 Å². The number of hydrogen-bond acceptors (Lipinski definition) is 7. The van der Waals surface area contributed by atoms with E-state index in [4.69, 9.17) is 15.0 Å². The summed E-state index contributed by atoms with van der Waals surface area (Å²) in [6, 6.07) is -0.928. The van der Waals surface area contributed by atoms with E-state index in [-0.39, 0.29) is 35.4 Å². The van der Waals surface area contributed by atoms with Crippen LogP contribution in [0.25, 0.3) is 0 Å². The third kappa shape index (κ3) is 3.91. The standard InChI is InChI=1S/C27H41BN4O6/c1-8-19(28-37-18-10-13-9-17(26(13,5)6)27(18,7)38-28)31-22(33)16-11-14(20(24(35)36)25(2,3)4)21-30-12-15(29)23(34)32(16)21/h12-14,16-20H,8-11,29H2,1-7H3,(H,31,33)(H,35,36)/t13-,14?,16-,17-,18+,19-,20?,27-/m0/s1. The molecule has 11 heteroatoms. The van der Waals surface area contributed by atoms with Gasteiger partial charge in [0.1, 0.15) is 17.6 Å². The van der Waals surface area contributed by atoms with Crippen molar-refractivity contribution in [3.8, 4) is 0 Å². The topological polar surface area (TPSA) is 146 Å². The van der Waals surface area contributed by atoms with Crippen LogP contribution < -0.4 is 16.6 Å². The molecule has 1 amide bonds. The van der Waals surface area contributed by atoms with Crippen molar-refractivity contribution in [3.63, 3.8) is 0 Å². The molecule has 3 saturated carbocycles. The van der Waals surface area contributed by atoms with Gasteiger partial charge in [-0.3, -0.25) is 19.0 Å². The molecule has 0 radical (unpaired) electrons. The third-order valence-corrected chi connectivity index (χ3v) is 10.1. The Hall–Kier alpha value is -2.40. The lowest BCUT2D eigenvalue weighted by Gasteiger charge is -2.64. The summed E-state index contributed by atoms with van der Waals surface area (Å²) in [4.78, 5) is 43.5. The van der Waals surface area contributed by atoms with E-state index in [0.29, 0.717) is 18.3 Å². The highest BCUT2D eigenvalue weighted by Gasteiger charge is 2.68. The van der Waals surface area contributed by atoms with Crippen LogP contribution in [0.3, 0.4) is 0 Å². The van der Waals surface area contributed by atoms with Crippen molar-refractivity contribution in [2.24, 2.45) is 28.6 Å². The second-order valence-electron chi connectivity index (χ2n) is 13.6. The molecule has 4 N–H and O–H groups in total. The maximum atomic E-state index is 13.8. The Labute approximate surface area is 224 Å². The van der Waals surface area contributed by atoms with E-state index in [0.717, 1.165) is 12.8 Å². The van der Waals surface area contributed by atoms with Crippen LogP contribution in [0.4, 0.5) is 5.69 Å². The van der Waals surface area contributed by atoms with Crippen molar-refractivity contribution >= 4 is 24.7 Å². The van der Waals surface area contributed by atoms with Gasteiger partial charge < -0.3 is 25.5 Å². The molecule has 2 aliphatic heterocycles. The summed E-state index contributed by atoms with van der Waals surface area (Å²) in [6.45, 7) is 14.2. The molecule has 0 spiro atoms. The second kappa shape index (κ2) is 8.81. The van der Waals surface area contributed by atoms with Crippen LogP contribution >= 0.6 is 0 Å². The highest BCUT2D eigenvalue weighted by molar-refractivity contribution is 6.47. The Morgan fingerprint density at radius 3 is 2.55 bits per heavy atom. The first-order chi connectivity index (χ1) is 17.6. The van der Waals surface area contributed by atoms with Crippen molar-refractivity contribution < 1.29 is 24.0 Å². The lowest BCUT2D eigenvalue weighted by Crippen LogP contribution is -2.65. The molecule has 5 aliphatic rings. The van der Waals surface area contributed by atoms with Crippen LogP contribution in [0.15, 0.2) is 11.0 Å². The number of amides is 1. The first-order valence-electron chi connectivity index (χ1n) is 13.8. The van der Waals surface area contributed by atoms with E-state index in [9.17, 15) is 19.5 Å². The van der Waals surface area contributed by atoms with Crippen LogP contribution in [0.1, 0.15) is 91.9 Å². The average Bonchev–Trinajstić information content (AvgIpc) is 3.36. The largest absolute Gasteiger partial charge is 0.481 e. The number of carboxylic acids is 1. The molecule has 3 heterocycles. The maximum Gasteiger partial charge on any atom is 0.481 e. The molecule has 208 valence electrons. The molecule has 8 atom stereocenters. The number of nitrogens with one attached hydrogen (secondary N) is 1. The highest BCUT2D eigenvalue weighted by Crippen LogP contribution is 2.65. The molecule has 38 heavy (non-hydrogen) atoms. The molecule has 0 aromatic carbocycles. The summed E-state index contributed by atoms with van der Waals surface area (Å²) in [5.41, 5.74) is 4.46. The Balaban J connectivity index is 1.40. The van der Waals surface area contributed by atoms with Gasteiger partial charge in [-0.25, -0.2) is 4.98 Å². The fourth-order valence-corrected chi connectivity index (χ4v) is 7.89. The number of rotatable bonds is 6. The first kappa shape index (κ1) is 27.2. The van der Waals surface area contributed by atoms with E-state index in [1.54, 1.807) is 0 Å². The minimum absolute atomic E-state index is 0.0125. The van der Waals surface area contributed by atoms with Gasteiger partial charge in [0, 0.05) is 5.92 Å². The monoisotopic (exact) mass is 528 g/mol. The number of fused-ring (bicyclic) bond motifs is 1. The summed E-state index contributed by atoms with van der Waals surface area (Å²) in [6.07, 6.45) is 4.04. The Morgan fingerprint density at radius 2 is 1.97 bits per heavy atom. The van der Waals surface area contributed by atoms with Crippen molar-refractivity contribution in [1.29, 1.82) is 0 Å². The summed E-state index contributed by atoms with van der Waals surface area (Å²) >= 11 is 0. The number of nitrogen functional groups attached to an aromatic ring is 1.